The largest absolute Gasteiger partial charge is 0.497 e. The van der Waals surface area contributed by atoms with Gasteiger partial charge >= 0.3 is 0 Å². The van der Waals surface area contributed by atoms with Gasteiger partial charge < -0.3 is 24.8 Å². The van der Waals surface area contributed by atoms with E-state index in [2.05, 4.69) is 15.6 Å². The van der Waals surface area contributed by atoms with Crippen LogP contribution in [0.3, 0.4) is 0 Å². The molecule has 24 heavy (non-hydrogen) atoms. The van der Waals surface area contributed by atoms with E-state index >= 15 is 0 Å². The van der Waals surface area contributed by atoms with Crippen molar-refractivity contribution in [3.05, 3.63) is 48.0 Å². The molecule has 0 aliphatic carbocycles. The number of anilines is 3. The molecule has 3 rings (SSSR count). The molecule has 0 bridgehead atoms. The van der Waals surface area contributed by atoms with Gasteiger partial charge in [-0.2, -0.15) is 0 Å². The minimum atomic E-state index is -0.382. The molecule has 0 atom stereocenters. The summed E-state index contributed by atoms with van der Waals surface area (Å²) in [6, 6.07) is 13.8. The fourth-order valence-corrected chi connectivity index (χ4v) is 2.54. The topological polar surface area (TPSA) is 64.1 Å². The maximum Gasteiger partial charge on any atom is 0.176 e. The van der Waals surface area contributed by atoms with Crippen LogP contribution in [0.15, 0.2) is 47.5 Å². The zero-order valence-corrected chi connectivity index (χ0v) is 14.0. The van der Waals surface area contributed by atoms with Crippen LogP contribution in [-0.2, 0) is 9.47 Å². The zero-order chi connectivity index (χ0) is 16.9. The van der Waals surface area contributed by atoms with Gasteiger partial charge in [0.2, 0.25) is 0 Å². The highest BCUT2D eigenvalue weighted by atomic mass is 16.7. The molecule has 0 radical (unpaired) electrons. The number of hydrogen-bond acceptors (Lipinski definition) is 5. The van der Waals surface area contributed by atoms with Gasteiger partial charge in [-0.05, 0) is 24.3 Å². The first-order chi connectivity index (χ1) is 11.7. The van der Waals surface area contributed by atoms with Crippen molar-refractivity contribution in [2.75, 3.05) is 38.5 Å². The summed E-state index contributed by atoms with van der Waals surface area (Å²) in [6.45, 7) is 0.392. The second kappa shape index (κ2) is 7.33. The fraction of sp³-hybridized carbons (Fsp3) is 0.278. The third kappa shape index (κ3) is 3.34. The third-order valence-electron chi connectivity index (χ3n) is 3.86. The highest BCUT2D eigenvalue weighted by Crippen LogP contribution is 2.33. The van der Waals surface area contributed by atoms with Crippen LogP contribution in [-0.4, -0.2) is 40.0 Å². The Morgan fingerprint density at radius 2 is 1.62 bits per heavy atom. The molecule has 1 heterocycles. The molecule has 0 saturated carbocycles. The molecule has 6 heteroatoms. The number of aliphatic imine (C=N–C) groups is 1. The van der Waals surface area contributed by atoms with Crippen molar-refractivity contribution in [3.63, 3.8) is 0 Å². The minimum Gasteiger partial charge on any atom is -0.497 e. The maximum absolute atomic E-state index is 5.34. The molecule has 0 fully saturated rings. The van der Waals surface area contributed by atoms with Crippen molar-refractivity contribution in [1.29, 1.82) is 0 Å². The number of methoxy groups -OCH3 is 3. The minimum absolute atomic E-state index is 0.382. The lowest BCUT2D eigenvalue weighted by Gasteiger charge is -2.14. The monoisotopic (exact) mass is 327 g/mol. The summed E-state index contributed by atoms with van der Waals surface area (Å²) in [7, 11) is 4.86. The van der Waals surface area contributed by atoms with Crippen LogP contribution in [0.5, 0.6) is 5.75 Å². The Balaban J connectivity index is 2.03. The number of fused-ring (bicyclic) bond motifs is 2. The summed E-state index contributed by atoms with van der Waals surface area (Å²) in [5.41, 5.74) is 3.82. The number of ether oxygens (including phenoxy) is 3. The van der Waals surface area contributed by atoms with E-state index in [1.165, 1.54) is 0 Å². The molecule has 0 unspecified atom stereocenters. The van der Waals surface area contributed by atoms with Crippen LogP contribution in [0.25, 0.3) is 0 Å². The van der Waals surface area contributed by atoms with Crippen molar-refractivity contribution >= 4 is 22.9 Å². The van der Waals surface area contributed by atoms with Crippen molar-refractivity contribution in [1.82, 2.24) is 0 Å². The SMILES string of the molecule is COc1ccc2c(c1)Nc1ccccc1NC2=NCC(OC)OC. The molecule has 1 aliphatic rings. The molecule has 1 aliphatic heterocycles. The highest BCUT2D eigenvalue weighted by molar-refractivity contribution is 6.15. The molecule has 2 aromatic carbocycles. The predicted octanol–water partition coefficient (Wildman–Crippen LogP) is 3.23. The van der Waals surface area contributed by atoms with Crippen molar-refractivity contribution in [2.45, 2.75) is 6.29 Å². The van der Waals surface area contributed by atoms with E-state index in [-0.39, 0.29) is 6.29 Å². The van der Waals surface area contributed by atoms with Gasteiger partial charge in [-0.3, -0.25) is 4.99 Å². The number of benzene rings is 2. The van der Waals surface area contributed by atoms with E-state index in [4.69, 9.17) is 14.2 Å². The van der Waals surface area contributed by atoms with Gasteiger partial charge in [0, 0.05) is 25.8 Å². The Kier molecular flexibility index (Phi) is 4.98. The Labute approximate surface area is 141 Å². The third-order valence-corrected chi connectivity index (χ3v) is 3.86. The van der Waals surface area contributed by atoms with Gasteiger partial charge in [0.25, 0.3) is 0 Å². The molecule has 0 amide bonds. The lowest BCUT2D eigenvalue weighted by molar-refractivity contribution is -0.0936. The van der Waals surface area contributed by atoms with Gasteiger partial charge in [-0.25, -0.2) is 0 Å². The Morgan fingerprint density at radius 3 is 2.29 bits per heavy atom. The molecule has 126 valence electrons. The van der Waals surface area contributed by atoms with E-state index < -0.39 is 0 Å². The second-order valence-corrected chi connectivity index (χ2v) is 5.30. The lowest BCUT2D eigenvalue weighted by atomic mass is 10.1. The van der Waals surface area contributed by atoms with Crippen LogP contribution < -0.4 is 15.4 Å². The van der Waals surface area contributed by atoms with E-state index in [0.717, 1.165) is 34.2 Å². The Morgan fingerprint density at radius 1 is 0.917 bits per heavy atom. The molecule has 0 aromatic heterocycles. The second-order valence-electron chi connectivity index (χ2n) is 5.30. The summed E-state index contributed by atoms with van der Waals surface area (Å²) in [4.78, 5) is 4.66. The molecule has 6 nitrogen and oxygen atoms in total. The van der Waals surface area contributed by atoms with E-state index in [1.54, 1.807) is 21.3 Å². The first-order valence-electron chi connectivity index (χ1n) is 7.66. The number of hydrogen-bond donors (Lipinski definition) is 2. The summed E-state index contributed by atoms with van der Waals surface area (Å²) in [5.74, 6) is 1.54. The van der Waals surface area contributed by atoms with Gasteiger partial charge in [0.1, 0.15) is 11.6 Å². The predicted molar refractivity (Wildman–Crippen MR) is 95.6 cm³/mol. The first-order valence-corrected chi connectivity index (χ1v) is 7.66. The van der Waals surface area contributed by atoms with Crippen LogP contribution in [0.2, 0.25) is 0 Å². The van der Waals surface area contributed by atoms with E-state index in [0.29, 0.717) is 6.54 Å². The zero-order valence-electron chi connectivity index (χ0n) is 14.0. The van der Waals surface area contributed by atoms with E-state index in [1.807, 2.05) is 42.5 Å². The summed E-state index contributed by atoms with van der Waals surface area (Å²) >= 11 is 0. The molecule has 2 aromatic rings. The lowest BCUT2D eigenvalue weighted by Crippen LogP contribution is -2.20. The van der Waals surface area contributed by atoms with Crippen LogP contribution in [0.1, 0.15) is 5.56 Å². The van der Waals surface area contributed by atoms with E-state index in [9.17, 15) is 0 Å². The average molecular weight is 327 g/mol. The smallest absolute Gasteiger partial charge is 0.176 e. The summed E-state index contributed by atoms with van der Waals surface area (Å²) in [6.07, 6.45) is -0.382. The average Bonchev–Trinajstić information content (AvgIpc) is 2.78. The van der Waals surface area contributed by atoms with Crippen LogP contribution in [0.4, 0.5) is 17.1 Å². The Hall–Kier alpha value is -2.57. The molecular weight excluding hydrogens is 306 g/mol. The number of rotatable bonds is 5. The summed E-state index contributed by atoms with van der Waals surface area (Å²) < 4.78 is 15.8. The van der Waals surface area contributed by atoms with Gasteiger partial charge in [0.05, 0.1) is 30.7 Å². The standard InChI is InChI=1S/C18H21N3O3/c1-22-12-8-9-13-16(10-12)20-14-6-4-5-7-15(14)21-18(13)19-11-17(23-2)24-3/h4-10,17,20H,11H2,1-3H3,(H,19,21). The molecule has 0 saturated heterocycles. The number of amidine groups is 1. The highest BCUT2D eigenvalue weighted by Gasteiger charge is 2.18. The molecular formula is C18H21N3O3. The van der Waals surface area contributed by atoms with Crippen molar-refractivity contribution < 1.29 is 14.2 Å². The maximum atomic E-state index is 5.34. The quantitative estimate of drug-likeness (QED) is 0.826. The number of para-hydroxylation sites is 2. The fourth-order valence-electron chi connectivity index (χ4n) is 2.54. The molecule has 0 spiro atoms. The van der Waals surface area contributed by atoms with Gasteiger partial charge in [0.15, 0.2) is 6.29 Å². The van der Waals surface area contributed by atoms with Crippen LogP contribution >= 0.6 is 0 Å². The van der Waals surface area contributed by atoms with Gasteiger partial charge in [-0.15, -0.1) is 0 Å². The van der Waals surface area contributed by atoms with Crippen molar-refractivity contribution in [2.24, 2.45) is 4.99 Å². The normalized spacial score (nSPS) is 14.4. The van der Waals surface area contributed by atoms with Gasteiger partial charge in [-0.1, -0.05) is 12.1 Å². The first kappa shape index (κ1) is 16.3. The number of nitrogens with zero attached hydrogens (tertiary/aromatic N) is 1. The summed E-state index contributed by atoms with van der Waals surface area (Å²) in [5, 5.41) is 6.83. The Bertz CT molecular complexity index is 742. The van der Waals surface area contributed by atoms with Crippen molar-refractivity contribution in [3.8, 4) is 5.75 Å². The molecule has 2 N–H and O–H groups in total. The number of nitrogens with one attached hydrogen (secondary N) is 2. The van der Waals surface area contributed by atoms with Crippen LogP contribution in [0, 0.1) is 0 Å².